The molecule has 0 aromatic carbocycles. The summed E-state index contributed by atoms with van der Waals surface area (Å²) in [4.78, 5) is 4.65. The van der Waals surface area contributed by atoms with Gasteiger partial charge >= 0.3 is 0 Å². The van der Waals surface area contributed by atoms with Crippen molar-refractivity contribution in [3.63, 3.8) is 0 Å². The van der Waals surface area contributed by atoms with E-state index in [1.54, 1.807) is 0 Å². The first kappa shape index (κ1) is 14.5. The van der Waals surface area contributed by atoms with Gasteiger partial charge in [0.2, 0.25) is 0 Å². The number of hydrogen-bond donors (Lipinski definition) is 1. The molecule has 19 heavy (non-hydrogen) atoms. The molecular formula is C14H19IN4. The third kappa shape index (κ3) is 4.91. The molecule has 2 rings (SSSR count). The van der Waals surface area contributed by atoms with Crippen molar-refractivity contribution >= 4 is 22.6 Å². The van der Waals surface area contributed by atoms with E-state index in [0.717, 1.165) is 21.5 Å². The third-order valence-electron chi connectivity index (χ3n) is 2.59. The second-order valence-electron chi connectivity index (χ2n) is 5.58. The Kier molecular flexibility index (Phi) is 4.57. The molecular weight excluding hydrogens is 351 g/mol. The Morgan fingerprint density at radius 1 is 1.26 bits per heavy atom. The molecule has 2 heterocycles. The summed E-state index contributed by atoms with van der Waals surface area (Å²) in [6, 6.07) is 6.14. The first-order valence-corrected chi connectivity index (χ1v) is 7.38. The number of pyridine rings is 1. The molecule has 4 nitrogen and oxygen atoms in total. The lowest BCUT2D eigenvalue weighted by atomic mass is 10.1. The fraction of sp³-hybridized carbons (Fsp3) is 0.429. The molecule has 0 aliphatic carbocycles. The van der Waals surface area contributed by atoms with Gasteiger partial charge in [0.15, 0.2) is 0 Å². The van der Waals surface area contributed by atoms with E-state index in [1.165, 1.54) is 0 Å². The lowest BCUT2D eigenvalue weighted by Crippen LogP contribution is -2.35. The van der Waals surface area contributed by atoms with Crippen LogP contribution in [0.2, 0.25) is 0 Å². The van der Waals surface area contributed by atoms with E-state index in [1.807, 2.05) is 23.1 Å². The molecule has 0 saturated carbocycles. The highest BCUT2D eigenvalue weighted by atomic mass is 127. The van der Waals surface area contributed by atoms with Gasteiger partial charge in [0.25, 0.3) is 0 Å². The number of nitrogens with zero attached hydrogens (tertiary/aromatic N) is 3. The number of nitrogens with one attached hydrogen (secondary N) is 1. The maximum atomic E-state index is 4.65. The molecule has 0 unspecified atom stereocenters. The van der Waals surface area contributed by atoms with Crippen LogP contribution >= 0.6 is 22.6 Å². The summed E-state index contributed by atoms with van der Waals surface area (Å²) in [6.45, 7) is 7.97. The summed E-state index contributed by atoms with van der Waals surface area (Å²) in [6.07, 6.45) is 3.87. The van der Waals surface area contributed by atoms with Crippen molar-refractivity contribution < 1.29 is 0 Å². The quantitative estimate of drug-likeness (QED) is 0.842. The average molecular weight is 370 g/mol. The molecule has 0 bridgehead atoms. The van der Waals surface area contributed by atoms with Crippen LogP contribution in [0.1, 0.15) is 32.2 Å². The lowest BCUT2D eigenvalue weighted by molar-refractivity contribution is 0.421. The zero-order valence-corrected chi connectivity index (χ0v) is 13.7. The van der Waals surface area contributed by atoms with Crippen molar-refractivity contribution in [1.29, 1.82) is 0 Å². The van der Waals surface area contributed by atoms with Gasteiger partial charge in [0.05, 0.1) is 27.7 Å². The molecule has 2 aromatic heterocycles. The zero-order chi connectivity index (χ0) is 13.9. The van der Waals surface area contributed by atoms with Crippen molar-refractivity contribution in [2.75, 3.05) is 0 Å². The molecule has 5 heteroatoms. The smallest absolute Gasteiger partial charge is 0.0831 e. The van der Waals surface area contributed by atoms with Gasteiger partial charge in [-0.25, -0.2) is 0 Å². The second kappa shape index (κ2) is 6.00. The Morgan fingerprint density at radius 3 is 2.63 bits per heavy atom. The standard InChI is InChI=1S/C14H19IN4/c1-14(2,3)16-8-12-5-4-6-13(18-12)10-19-9-11(15)7-17-19/h4-7,9,16H,8,10H2,1-3H3. The predicted molar refractivity (Wildman–Crippen MR) is 84.9 cm³/mol. The normalized spacial score (nSPS) is 11.8. The van der Waals surface area contributed by atoms with E-state index in [9.17, 15) is 0 Å². The zero-order valence-electron chi connectivity index (χ0n) is 11.5. The van der Waals surface area contributed by atoms with E-state index >= 15 is 0 Å². The Labute approximate surface area is 127 Å². The van der Waals surface area contributed by atoms with Gasteiger partial charge in [-0.3, -0.25) is 9.67 Å². The number of hydrogen-bond acceptors (Lipinski definition) is 3. The highest BCUT2D eigenvalue weighted by molar-refractivity contribution is 14.1. The highest BCUT2D eigenvalue weighted by Gasteiger charge is 2.09. The largest absolute Gasteiger partial charge is 0.306 e. The van der Waals surface area contributed by atoms with E-state index in [-0.39, 0.29) is 5.54 Å². The van der Waals surface area contributed by atoms with E-state index in [4.69, 9.17) is 0 Å². The maximum absolute atomic E-state index is 4.65. The molecule has 0 aliphatic heterocycles. The molecule has 0 fully saturated rings. The maximum Gasteiger partial charge on any atom is 0.0831 e. The average Bonchev–Trinajstić information content (AvgIpc) is 2.72. The van der Waals surface area contributed by atoms with Crippen LogP contribution < -0.4 is 5.32 Å². The fourth-order valence-electron chi connectivity index (χ4n) is 1.66. The first-order valence-electron chi connectivity index (χ1n) is 6.30. The Bertz CT molecular complexity index is 542. The summed E-state index contributed by atoms with van der Waals surface area (Å²) in [5.74, 6) is 0. The van der Waals surface area contributed by atoms with Crippen LogP contribution in [-0.2, 0) is 13.1 Å². The minimum atomic E-state index is 0.107. The highest BCUT2D eigenvalue weighted by Crippen LogP contribution is 2.07. The number of aromatic nitrogens is 3. The lowest BCUT2D eigenvalue weighted by Gasteiger charge is -2.20. The van der Waals surface area contributed by atoms with Gasteiger partial charge < -0.3 is 5.32 Å². The summed E-state index contributed by atoms with van der Waals surface area (Å²) in [5, 5.41) is 7.73. The summed E-state index contributed by atoms with van der Waals surface area (Å²) < 4.78 is 3.05. The topological polar surface area (TPSA) is 42.7 Å². The number of rotatable bonds is 4. The third-order valence-corrected chi connectivity index (χ3v) is 3.15. The second-order valence-corrected chi connectivity index (χ2v) is 6.83. The summed E-state index contributed by atoms with van der Waals surface area (Å²) >= 11 is 2.26. The van der Waals surface area contributed by atoms with Gasteiger partial charge in [0, 0.05) is 18.3 Å². The molecule has 1 N–H and O–H groups in total. The van der Waals surface area contributed by atoms with E-state index < -0.39 is 0 Å². The van der Waals surface area contributed by atoms with E-state index in [2.05, 4.69) is 70.9 Å². The molecule has 102 valence electrons. The van der Waals surface area contributed by atoms with Crippen molar-refractivity contribution in [2.45, 2.75) is 39.4 Å². The molecule has 0 spiro atoms. The fourth-order valence-corrected chi connectivity index (χ4v) is 2.11. The molecule has 0 atom stereocenters. The number of halogens is 1. The first-order chi connectivity index (χ1) is 8.92. The van der Waals surface area contributed by atoms with Crippen molar-refractivity contribution in [3.8, 4) is 0 Å². The monoisotopic (exact) mass is 370 g/mol. The van der Waals surface area contributed by atoms with Crippen LogP contribution in [0.3, 0.4) is 0 Å². The predicted octanol–water partition coefficient (Wildman–Crippen LogP) is 2.82. The SMILES string of the molecule is CC(C)(C)NCc1cccc(Cn2cc(I)cn2)n1. The molecule has 0 saturated heterocycles. The van der Waals surface area contributed by atoms with Crippen LogP contribution in [0.15, 0.2) is 30.6 Å². The van der Waals surface area contributed by atoms with Crippen molar-refractivity contribution in [1.82, 2.24) is 20.1 Å². The van der Waals surface area contributed by atoms with E-state index in [0.29, 0.717) is 6.54 Å². The molecule has 2 aromatic rings. The van der Waals surface area contributed by atoms with Crippen LogP contribution in [0, 0.1) is 3.57 Å². The van der Waals surface area contributed by atoms with Gasteiger partial charge in [-0.05, 0) is 55.5 Å². The Morgan fingerprint density at radius 2 is 2.00 bits per heavy atom. The van der Waals surface area contributed by atoms with Crippen LogP contribution in [-0.4, -0.2) is 20.3 Å². The molecule has 0 radical (unpaired) electrons. The van der Waals surface area contributed by atoms with Crippen LogP contribution in [0.5, 0.6) is 0 Å². The Balaban J connectivity index is 2.02. The van der Waals surface area contributed by atoms with Gasteiger partial charge in [0.1, 0.15) is 0 Å². The summed E-state index contributed by atoms with van der Waals surface area (Å²) in [5.41, 5.74) is 2.21. The summed E-state index contributed by atoms with van der Waals surface area (Å²) in [7, 11) is 0. The molecule has 0 amide bonds. The van der Waals surface area contributed by atoms with Crippen molar-refractivity contribution in [3.05, 3.63) is 45.6 Å². The Hall–Kier alpha value is -0.950. The minimum absolute atomic E-state index is 0.107. The van der Waals surface area contributed by atoms with Gasteiger partial charge in [-0.15, -0.1) is 0 Å². The van der Waals surface area contributed by atoms with Gasteiger partial charge in [-0.1, -0.05) is 6.07 Å². The van der Waals surface area contributed by atoms with Gasteiger partial charge in [-0.2, -0.15) is 5.10 Å². The van der Waals surface area contributed by atoms with Crippen LogP contribution in [0.25, 0.3) is 0 Å². The molecule has 0 aliphatic rings. The minimum Gasteiger partial charge on any atom is -0.306 e. The van der Waals surface area contributed by atoms with Crippen molar-refractivity contribution in [2.24, 2.45) is 0 Å². The van der Waals surface area contributed by atoms with Crippen LogP contribution in [0.4, 0.5) is 0 Å².